The van der Waals surface area contributed by atoms with Crippen molar-refractivity contribution in [2.24, 2.45) is 4.99 Å². The molecule has 1 aliphatic heterocycles. The molecule has 3 rings (SSSR count). The van der Waals surface area contributed by atoms with Crippen LogP contribution in [0.15, 0.2) is 52.1 Å². The molecule has 1 aliphatic rings. The van der Waals surface area contributed by atoms with Gasteiger partial charge in [0.05, 0.1) is 11.8 Å². The Morgan fingerprint density at radius 3 is 2.58 bits per heavy atom. The monoisotopic (exact) mass is 437 g/mol. The van der Waals surface area contributed by atoms with Gasteiger partial charge in [-0.3, -0.25) is 14.7 Å². The van der Waals surface area contributed by atoms with Crippen LogP contribution in [-0.4, -0.2) is 56.0 Å². The number of nitrogens with zero attached hydrogens (tertiary/aromatic N) is 2. The molecule has 0 radical (unpaired) electrons. The molecule has 3 N–H and O–H groups in total. The topological polar surface area (TPSA) is 81.9 Å². The second-order valence-electron chi connectivity index (χ2n) is 7.29. The number of furan rings is 1. The maximum atomic E-state index is 12.7. The van der Waals surface area contributed by atoms with Gasteiger partial charge in [0, 0.05) is 45.8 Å². The summed E-state index contributed by atoms with van der Waals surface area (Å²) in [6.45, 7) is 3.10. The molecule has 0 bridgehead atoms. The number of halogens is 3. The van der Waals surface area contributed by atoms with Crippen molar-refractivity contribution in [2.75, 3.05) is 33.2 Å². The highest BCUT2D eigenvalue weighted by Gasteiger charge is 2.30. The third-order valence-corrected chi connectivity index (χ3v) is 4.97. The van der Waals surface area contributed by atoms with Gasteiger partial charge in [-0.2, -0.15) is 13.2 Å². The maximum absolute atomic E-state index is 12.7. The van der Waals surface area contributed by atoms with Crippen LogP contribution >= 0.6 is 0 Å². The van der Waals surface area contributed by atoms with Crippen LogP contribution in [0.3, 0.4) is 0 Å². The van der Waals surface area contributed by atoms with E-state index in [1.807, 2.05) is 0 Å². The summed E-state index contributed by atoms with van der Waals surface area (Å²) in [5, 5.41) is 9.24. The van der Waals surface area contributed by atoms with E-state index in [-0.39, 0.29) is 17.7 Å². The fourth-order valence-electron chi connectivity index (χ4n) is 3.39. The van der Waals surface area contributed by atoms with Crippen molar-refractivity contribution < 1.29 is 22.4 Å². The molecule has 10 heteroatoms. The number of carbonyl (C=O) groups is 1. The van der Waals surface area contributed by atoms with E-state index in [9.17, 15) is 18.0 Å². The average Bonchev–Trinajstić information content (AvgIpc) is 3.42. The first-order valence-corrected chi connectivity index (χ1v) is 10.0. The molecule has 0 spiro atoms. The van der Waals surface area contributed by atoms with Crippen LogP contribution in [0.5, 0.6) is 0 Å². The van der Waals surface area contributed by atoms with Crippen molar-refractivity contribution >= 4 is 11.9 Å². The lowest BCUT2D eigenvalue weighted by molar-refractivity contribution is -0.137. The Kier molecular flexibility index (Phi) is 7.56. The molecule has 2 heterocycles. The molecule has 1 fully saturated rings. The van der Waals surface area contributed by atoms with Crippen molar-refractivity contribution in [1.82, 2.24) is 20.9 Å². The molecule has 2 aromatic rings. The van der Waals surface area contributed by atoms with E-state index in [1.165, 1.54) is 18.4 Å². The highest BCUT2D eigenvalue weighted by molar-refractivity contribution is 5.91. The Labute approximate surface area is 178 Å². The lowest BCUT2D eigenvalue weighted by Gasteiger charge is -2.19. The number of hydrogen-bond acceptors (Lipinski definition) is 4. The summed E-state index contributed by atoms with van der Waals surface area (Å²) in [7, 11) is 1.67. The van der Waals surface area contributed by atoms with E-state index in [0.29, 0.717) is 25.6 Å². The minimum atomic E-state index is -4.31. The number of alkyl halides is 3. The average molecular weight is 437 g/mol. The number of rotatable bonds is 7. The summed E-state index contributed by atoms with van der Waals surface area (Å²) in [6.07, 6.45) is -1.97. The Balaban J connectivity index is 1.37. The van der Waals surface area contributed by atoms with Gasteiger partial charge in [0.1, 0.15) is 0 Å². The molecule has 1 atom stereocenters. The number of nitrogens with one attached hydrogen (secondary N) is 3. The van der Waals surface area contributed by atoms with Gasteiger partial charge in [0.15, 0.2) is 11.7 Å². The number of benzene rings is 1. The van der Waals surface area contributed by atoms with Crippen LogP contribution in [0.25, 0.3) is 0 Å². The zero-order valence-electron chi connectivity index (χ0n) is 17.2. The molecule has 1 aromatic carbocycles. The number of amides is 1. The molecule has 168 valence electrons. The van der Waals surface area contributed by atoms with E-state index in [2.05, 4.69) is 25.8 Å². The van der Waals surface area contributed by atoms with Crippen molar-refractivity contribution in [2.45, 2.75) is 25.2 Å². The molecule has 0 saturated carbocycles. The fourth-order valence-corrected chi connectivity index (χ4v) is 3.39. The Morgan fingerprint density at radius 2 is 1.94 bits per heavy atom. The molecule has 1 saturated heterocycles. The predicted molar refractivity (Wildman–Crippen MR) is 111 cm³/mol. The minimum absolute atomic E-state index is 0.179. The van der Waals surface area contributed by atoms with E-state index in [1.54, 1.807) is 19.2 Å². The van der Waals surface area contributed by atoms with Crippen LogP contribution < -0.4 is 16.0 Å². The summed E-state index contributed by atoms with van der Waals surface area (Å²) < 4.78 is 43.1. The molecule has 7 nitrogen and oxygen atoms in total. The minimum Gasteiger partial charge on any atom is -0.459 e. The summed E-state index contributed by atoms with van der Waals surface area (Å²) in [4.78, 5) is 18.2. The Bertz CT molecular complexity index is 866. The highest BCUT2D eigenvalue weighted by Crippen LogP contribution is 2.29. The molecule has 1 unspecified atom stereocenters. The summed E-state index contributed by atoms with van der Waals surface area (Å²) in [5.41, 5.74) is 0.218. The van der Waals surface area contributed by atoms with Gasteiger partial charge in [0.25, 0.3) is 5.91 Å². The number of aliphatic imine (C=N–C) groups is 1. The van der Waals surface area contributed by atoms with E-state index < -0.39 is 11.7 Å². The van der Waals surface area contributed by atoms with Crippen molar-refractivity contribution in [3.8, 4) is 0 Å². The van der Waals surface area contributed by atoms with Gasteiger partial charge in [-0.05, 0) is 36.2 Å². The number of hydrogen-bond donors (Lipinski definition) is 3. The lowest BCUT2D eigenvalue weighted by atomic mass is 10.1. The highest BCUT2D eigenvalue weighted by atomic mass is 19.4. The zero-order chi connectivity index (χ0) is 22.3. The number of likely N-dealkylation sites (tertiary alicyclic amines) is 1. The molecular weight excluding hydrogens is 411 g/mol. The van der Waals surface area contributed by atoms with E-state index in [4.69, 9.17) is 4.42 Å². The molecule has 0 aliphatic carbocycles. The first kappa shape index (κ1) is 22.7. The van der Waals surface area contributed by atoms with Gasteiger partial charge in [0.2, 0.25) is 0 Å². The van der Waals surface area contributed by atoms with Crippen LogP contribution in [0.4, 0.5) is 13.2 Å². The van der Waals surface area contributed by atoms with Gasteiger partial charge >= 0.3 is 6.18 Å². The number of carbonyl (C=O) groups excluding carboxylic acids is 1. The van der Waals surface area contributed by atoms with Crippen LogP contribution in [0.1, 0.15) is 28.1 Å². The van der Waals surface area contributed by atoms with Crippen molar-refractivity contribution in [3.63, 3.8) is 0 Å². The first-order valence-electron chi connectivity index (χ1n) is 10.0. The van der Waals surface area contributed by atoms with Crippen LogP contribution in [0.2, 0.25) is 0 Å². The standard InChI is InChI=1S/C21H26F3N5O2/c1-25-20(27-10-9-26-19(30)18-3-2-12-31-18)28-17-8-11-29(14-17)13-15-4-6-16(7-5-15)21(22,23)24/h2-7,12,17H,8-11,13-14H2,1H3,(H,26,30)(H2,25,27,28). The Morgan fingerprint density at radius 1 is 1.19 bits per heavy atom. The second-order valence-corrected chi connectivity index (χ2v) is 7.29. The van der Waals surface area contributed by atoms with E-state index in [0.717, 1.165) is 37.2 Å². The van der Waals surface area contributed by atoms with Gasteiger partial charge in [-0.1, -0.05) is 12.1 Å². The molecule has 31 heavy (non-hydrogen) atoms. The zero-order valence-corrected chi connectivity index (χ0v) is 17.2. The van der Waals surface area contributed by atoms with Crippen molar-refractivity contribution in [3.05, 3.63) is 59.5 Å². The fraction of sp³-hybridized carbons (Fsp3) is 0.429. The molecular formula is C21H26F3N5O2. The van der Waals surface area contributed by atoms with Gasteiger partial charge < -0.3 is 20.4 Å². The summed E-state index contributed by atoms with van der Waals surface area (Å²) in [5.74, 6) is 0.625. The predicted octanol–water partition coefficient (Wildman–Crippen LogP) is 2.47. The normalized spacial score (nSPS) is 17.5. The summed E-state index contributed by atoms with van der Waals surface area (Å²) in [6, 6.07) is 8.73. The van der Waals surface area contributed by atoms with Gasteiger partial charge in [-0.15, -0.1) is 0 Å². The SMILES string of the molecule is CN=C(NCCNC(=O)c1ccco1)NC1CCN(Cc2ccc(C(F)(F)F)cc2)C1. The van der Waals surface area contributed by atoms with Crippen molar-refractivity contribution in [1.29, 1.82) is 0 Å². The molecule has 1 amide bonds. The molecule has 1 aromatic heterocycles. The maximum Gasteiger partial charge on any atom is 0.416 e. The second kappa shape index (κ2) is 10.3. The summed E-state index contributed by atoms with van der Waals surface area (Å²) >= 11 is 0. The van der Waals surface area contributed by atoms with Crippen LogP contribution in [0, 0.1) is 0 Å². The first-order chi connectivity index (χ1) is 14.8. The third kappa shape index (κ3) is 6.74. The van der Waals surface area contributed by atoms with Gasteiger partial charge in [-0.25, -0.2) is 0 Å². The van der Waals surface area contributed by atoms with E-state index >= 15 is 0 Å². The quantitative estimate of drug-likeness (QED) is 0.352. The Hall–Kier alpha value is -3.01. The lowest BCUT2D eigenvalue weighted by Crippen LogP contribution is -2.46. The number of guanidine groups is 1. The largest absolute Gasteiger partial charge is 0.459 e. The third-order valence-electron chi connectivity index (χ3n) is 4.97. The smallest absolute Gasteiger partial charge is 0.416 e. The van der Waals surface area contributed by atoms with Crippen LogP contribution in [-0.2, 0) is 12.7 Å².